The molecule has 0 saturated heterocycles. The van der Waals surface area contributed by atoms with Crippen molar-refractivity contribution in [1.29, 1.82) is 0 Å². The minimum atomic E-state index is -4.23. The summed E-state index contributed by atoms with van der Waals surface area (Å²) in [5.74, 6) is -2.62. The number of nitrogens with zero attached hydrogens (tertiary/aromatic N) is 1. The van der Waals surface area contributed by atoms with Crippen molar-refractivity contribution in [2.45, 2.75) is 30.8 Å². The predicted molar refractivity (Wildman–Crippen MR) is 119 cm³/mol. The molecule has 0 unspecified atom stereocenters. The lowest BCUT2D eigenvalue weighted by Gasteiger charge is -2.16. The lowest BCUT2D eigenvalue weighted by Crippen LogP contribution is -2.49. The van der Waals surface area contributed by atoms with Crippen molar-refractivity contribution in [2.24, 2.45) is 0 Å². The summed E-state index contributed by atoms with van der Waals surface area (Å²) in [6.07, 6.45) is 1.98. The van der Waals surface area contributed by atoms with Gasteiger partial charge in [0.15, 0.2) is 0 Å². The highest BCUT2D eigenvalue weighted by atomic mass is 32.2. The van der Waals surface area contributed by atoms with E-state index in [9.17, 15) is 32.9 Å². The molecule has 13 heteroatoms. The minimum absolute atomic E-state index is 0.0181. The van der Waals surface area contributed by atoms with Crippen molar-refractivity contribution >= 4 is 34.0 Å². The van der Waals surface area contributed by atoms with Crippen molar-refractivity contribution in [3.05, 3.63) is 76.0 Å². The summed E-state index contributed by atoms with van der Waals surface area (Å²) in [5, 5.41) is 23.8. The summed E-state index contributed by atoms with van der Waals surface area (Å²) in [5.41, 5.74) is 0.531. The zero-order valence-corrected chi connectivity index (χ0v) is 18.8. The molecule has 3 N–H and O–H groups in total. The summed E-state index contributed by atoms with van der Waals surface area (Å²) in [6.45, 7) is 2.64. The molecule has 0 heterocycles. The second-order valence-electron chi connectivity index (χ2n) is 7.00. The molecule has 180 valence electrons. The lowest BCUT2D eigenvalue weighted by molar-refractivity contribution is -0.400. The molecule has 2 rings (SSSR count). The highest BCUT2D eigenvalue weighted by Gasteiger charge is 2.22. The summed E-state index contributed by atoms with van der Waals surface area (Å²) < 4.78 is 30.0. The molecule has 0 aliphatic rings. The molecule has 0 spiro atoms. The van der Waals surface area contributed by atoms with Crippen LogP contribution >= 0.6 is 0 Å². The second-order valence-corrected chi connectivity index (χ2v) is 8.54. The van der Waals surface area contributed by atoms with E-state index < -0.39 is 44.9 Å². The van der Waals surface area contributed by atoms with Crippen molar-refractivity contribution < 1.29 is 37.0 Å². The second kappa shape index (κ2) is 11.0. The smallest absolute Gasteiger partial charge is 0.339 e. The van der Waals surface area contributed by atoms with Crippen molar-refractivity contribution in [1.82, 2.24) is 10.6 Å². The van der Waals surface area contributed by atoms with E-state index in [0.717, 1.165) is 18.3 Å². The first kappa shape index (κ1) is 26.0. The van der Waals surface area contributed by atoms with Gasteiger partial charge in [0, 0.05) is 11.6 Å². The monoisotopic (exact) mass is 491 g/mol. The van der Waals surface area contributed by atoms with Crippen LogP contribution in [0.3, 0.4) is 0 Å². The van der Waals surface area contributed by atoms with Crippen LogP contribution in [0.15, 0.2) is 59.6 Å². The van der Waals surface area contributed by atoms with Gasteiger partial charge < -0.3 is 19.9 Å². The molecule has 2 aromatic carbocycles. The molecule has 12 nitrogen and oxygen atoms in total. The van der Waals surface area contributed by atoms with E-state index in [4.69, 9.17) is 9.29 Å². The van der Waals surface area contributed by atoms with Crippen LogP contribution in [0.25, 0.3) is 6.08 Å². The molecule has 0 aliphatic carbocycles. The third kappa shape index (κ3) is 7.41. The van der Waals surface area contributed by atoms with Crippen LogP contribution in [-0.2, 0) is 19.7 Å². The maximum Gasteiger partial charge on any atom is 0.339 e. The highest BCUT2D eigenvalue weighted by Crippen LogP contribution is 2.20. The van der Waals surface area contributed by atoms with Gasteiger partial charge in [0.1, 0.15) is 22.7 Å². The van der Waals surface area contributed by atoms with Gasteiger partial charge in [-0.3, -0.25) is 24.5 Å². The number of rotatable bonds is 10. The summed E-state index contributed by atoms with van der Waals surface area (Å²) in [6, 6.07) is 8.11. The third-order valence-corrected chi connectivity index (χ3v) is 5.61. The number of hydrogen-bond donors (Lipinski definition) is 3. The number of carboxylic acid groups (broad SMARTS) is 1. The molecule has 0 saturated carbocycles. The first-order chi connectivity index (χ1) is 15.9. The molecular formula is C21H21N3O9S. The fraction of sp³-hybridized carbons (Fsp3) is 0.190. The van der Waals surface area contributed by atoms with Gasteiger partial charge in [-0.15, -0.1) is 0 Å². The fourth-order valence-electron chi connectivity index (χ4n) is 2.47. The Hall–Kier alpha value is -4.26. The lowest BCUT2D eigenvalue weighted by atomic mass is 10.2. The van der Waals surface area contributed by atoms with Crippen LogP contribution in [0, 0.1) is 10.1 Å². The van der Waals surface area contributed by atoms with Crippen LogP contribution in [-0.4, -0.2) is 48.3 Å². The van der Waals surface area contributed by atoms with Crippen molar-refractivity contribution in [3.8, 4) is 5.75 Å². The molecular weight excluding hydrogens is 470 g/mol. The predicted octanol–water partition coefficient (Wildman–Crippen LogP) is 1.41. The normalized spacial score (nSPS) is 13.0. The van der Waals surface area contributed by atoms with E-state index in [2.05, 4.69) is 10.6 Å². The Kier molecular flexibility index (Phi) is 8.45. The number of nitrogens with one attached hydrogen (secondary N) is 2. The molecule has 0 aromatic heterocycles. The molecule has 2 amide bonds. The number of benzene rings is 2. The quantitative estimate of drug-likeness (QED) is 0.251. The average Bonchev–Trinajstić information content (AvgIpc) is 2.78. The zero-order valence-electron chi connectivity index (χ0n) is 18.0. The van der Waals surface area contributed by atoms with Gasteiger partial charge in [-0.25, -0.2) is 0 Å². The van der Waals surface area contributed by atoms with Crippen LogP contribution in [0.1, 0.15) is 29.8 Å². The summed E-state index contributed by atoms with van der Waals surface area (Å²) in [7, 11) is -4.23. The number of nitro groups is 1. The van der Waals surface area contributed by atoms with E-state index in [1.807, 2.05) is 0 Å². The van der Waals surface area contributed by atoms with Crippen LogP contribution in [0.2, 0.25) is 0 Å². The van der Waals surface area contributed by atoms with Gasteiger partial charge in [0.2, 0.25) is 12.1 Å². The number of carbonyl (C=O) groups is 3. The van der Waals surface area contributed by atoms with Gasteiger partial charge in [0.25, 0.3) is 5.91 Å². The van der Waals surface area contributed by atoms with Crippen LogP contribution in [0.5, 0.6) is 5.75 Å². The van der Waals surface area contributed by atoms with E-state index in [0.29, 0.717) is 5.56 Å². The van der Waals surface area contributed by atoms with E-state index >= 15 is 0 Å². The summed E-state index contributed by atoms with van der Waals surface area (Å²) in [4.78, 5) is 44.6. The van der Waals surface area contributed by atoms with Crippen LogP contribution < -0.4 is 14.8 Å². The Morgan fingerprint density at radius 2 is 1.59 bits per heavy atom. The first-order valence-electron chi connectivity index (χ1n) is 9.69. The maximum absolute atomic E-state index is 12.5. The molecule has 34 heavy (non-hydrogen) atoms. The largest absolute Gasteiger partial charge is 0.480 e. The third-order valence-electron chi connectivity index (χ3n) is 4.35. The highest BCUT2D eigenvalue weighted by molar-refractivity contribution is 7.87. The van der Waals surface area contributed by atoms with Gasteiger partial charge >= 0.3 is 16.1 Å². The number of aliphatic carboxylic acids is 1. The molecule has 2 atom stereocenters. The van der Waals surface area contributed by atoms with Gasteiger partial charge in [0.05, 0.1) is 4.92 Å². The number of carboxylic acids is 1. The number of carbonyl (C=O) groups excluding carboxylic acids is 2. The van der Waals surface area contributed by atoms with E-state index in [1.54, 1.807) is 0 Å². The molecule has 2 aromatic rings. The Balaban J connectivity index is 2.03. The standard InChI is InChI=1S/C21H21N3O9S/c1-13(19(25)23-14(2)21(27)28)22-20(26)16-5-9-18(10-6-16)34(31,32)33-17-7-3-15(4-8-17)11-12-24(29)30/h3-14H,1-2H3,(H,22,26)(H,23,25)(H,27,28)/b12-11+/t13-,14-/m1/s1. The van der Waals surface area contributed by atoms with Gasteiger partial charge in [-0.2, -0.15) is 8.42 Å². The van der Waals surface area contributed by atoms with Gasteiger partial charge in [-0.1, -0.05) is 12.1 Å². The van der Waals surface area contributed by atoms with Crippen molar-refractivity contribution in [2.75, 3.05) is 0 Å². The van der Waals surface area contributed by atoms with Crippen molar-refractivity contribution in [3.63, 3.8) is 0 Å². The SMILES string of the molecule is C[C@@H](NC(=O)[C@@H](C)NC(=O)c1ccc(S(=O)(=O)Oc2ccc(/C=C/[N+](=O)[O-])cc2)cc1)C(=O)O. The molecule has 0 aliphatic heterocycles. The Morgan fingerprint density at radius 1 is 1.00 bits per heavy atom. The van der Waals surface area contributed by atoms with E-state index in [1.165, 1.54) is 56.3 Å². The topological polar surface area (TPSA) is 182 Å². The first-order valence-corrected chi connectivity index (χ1v) is 11.1. The number of amides is 2. The Labute approximate surface area is 194 Å². The minimum Gasteiger partial charge on any atom is -0.480 e. The summed E-state index contributed by atoms with van der Waals surface area (Å²) >= 11 is 0. The van der Waals surface area contributed by atoms with Gasteiger partial charge in [-0.05, 0) is 55.8 Å². The molecule has 0 fully saturated rings. The average molecular weight is 491 g/mol. The fourth-order valence-corrected chi connectivity index (χ4v) is 3.40. The van der Waals surface area contributed by atoms with Crippen LogP contribution in [0.4, 0.5) is 0 Å². The Morgan fingerprint density at radius 3 is 2.12 bits per heavy atom. The zero-order chi connectivity index (χ0) is 25.5. The number of hydrogen-bond acceptors (Lipinski definition) is 8. The molecule has 0 bridgehead atoms. The molecule has 0 radical (unpaired) electrons. The Bertz CT molecular complexity index is 1210. The maximum atomic E-state index is 12.5. The van der Waals surface area contributed by atoms with E-state index in [-0.39, 0.29) is 16.2 Å².